The van der Waals surface area contributed by atoms with Crippen LogP contribution in [0.4, 0.5) is 0 Å². The Labute approximate surface area is 114 Å². The van der Waals surface area contributed by atoms with Crippen LogP contribution in [0, 0.1) is 11.3 Å². The van der Waals surface area contributed by atoms with Gasteiger partial charge >= 0.3 is 0 Å². The van der Waals surface area contributed by atoms with Crippen LogP contribution in [0.25, 0.3) is 0 Å². The maximum absolute atomic E-state index is 4.56. The van der Waals surface area contributed by atoms with Gasteiger partial charge < -0.3 is 4.90 Å². The van der Waals surface area contributed by atoms with Crippen LogP contribution in [0.3, 0.4) is 0 Å². The summed E-state index contributed by atoms with van der Waals surface area (Å²) in [6.07, 6.45) is 6.94. The van der Waals surface area contributed by atoms with E-state index in [1.807, 2.05) is 0 Å². The highest BCUT2D eigenvalue weighted by atomic mass is 32.1. The SMILES string of the molecule is CCCC1CCCCN1CC(CS)C(C)(C)C. The van der Waals surface area contributed by atoms with Gasteiger partial charge in [0.2, 0.25) is 0 Å². The molecule has 0 saturated carbocycles. The summed E-state index contributed by atoms with van der Waals surface area (Å²) in [6.45, 7) is 11.9. The van der Waals surface area contributed by atoms with Crippen molar-refractivity contribution >= 4 is 12.6 Å². The molecule has 0 amide bonds. The first kappa shape index (κ1) is 15.4. The Balaban J connectivity index is 2.56. The first-order chi connectivity index (χ1) is 7.99. The van der Waals surface area contributed by atoms with Gasteiger partial charge in [0, 0.05) is 12.6 Å². The van der Waals surface area contributed by atoms with Gasteiger partial charge in [0.05, 0.1) is 0 Å². The molecule has 1 nitrogen and oxygen atoms in total. The van der Waals surface area contributed by atoms with Crippen molar-refractivity contribution in [2.24, 2.45) is 11.3 Å². The van der Waals surface area contributed by atoms with Crippen molar-refractivity contribution < 1.29 is 0 Å². The fourth-order valence-electron chi connectivity index (χ4n) is 2.85. The van der Waals surface area contributed by atoms with E-state index in [4.69, 9.17) is 0 Å². The average Bonchev–Trinajstić information content (AvgIpc) is 2.26. The van der Waals surface area contributed by atoms with Crippen molar-refractivity contribution in [2.45, 2.75) is 65.8 Å². The first-order valence-corrected chi connectivity index (χ1v) is 7.97. The summed E-state index contributed by atoms with van der Waals surface area (Å²) >= 11 is 4.56. The summed E-state index contributed by atoms with van der Waals surface area (Å²) in [4.78, 5) is 2.75. The molecule has 2 heteroatoms. The lowest BCUT2D eigenvalue weighted by atomic mass is 9.81. The van der Waals surface area contributed by atoms with Crippen LogP contribution < -0.4 is 0 Å². The fraction of sp³-hybridized carbons (Fsp3) is 1.00. The smallest absolute Gasteiger partial charge is 0.00952 e. The van der Waals surface area contributed by atoms with Crippen molar-refractivity contribution in [3.63, 3.8) is 0 Å². The molecule has 0 radical (unpaired) electrons. The summed E-state index contributed by atoms with van der Waals surface area (Å²) < 4.78 is 0. The van der Waals surface area contributed by atoms with Crippen LogP contribution in [-0.4, -0.2) is 29.8 Å². The molecule has 2 atom stereocenters. The molecule has 1 rings (SSSR count). The monoisotopic (exact) mass is 257 g/mol. The topological polar surface area (TPSA) is 3.24 Å². The minimum Gasteiger partial charge on any atom is -0.300 e. The van der Waals surface area contributed by atoms with E-state index in [9.17, 15) is 0 Å². The van der Waals surface area contributed by atoms with Gasteiger partial charge in [0.25, 0.3) is 0 Å². The highest BCUT2D eigenvalue weighted by Gasteiger charge is 2.29. The maximum Gasteiger partial charge on any atom is 0.00952 e. The number of nitrogens with zero attached hydrogens (tertiary/aromatic N) is 1. The van der Waals surface area contributed by atoms with Crippen LogP contribution in [0.5, 0.6) is 0 Å². The van der Waals surface area contributed by atoms with Crippen LogP contribution in [0.15, 0.2) is 0 Å². The van der Waals surface area contributed by atoms with Gasteiger partial charge in [-0.25, -0.2) is 0 Å². The molecule has 102 valence electrons. The minimum absolute atomic E-state index is 0.385. The summed E-state index contributed by atoms with van der Waals surface area (Å²) in [6, 6.07) is 0.846. The number of hydrogen-bond donors (Lipinski definition) is 1. The van der Waals surface area contributed by atoms with E-state index < -0.39 is 0 Å². The largest absolute Gasteiger partial charge is 0.300 e. The zero-order chi connectivity index (χ0) is 12.9. The predicted octanol–water partition coefficient (Wildman–Crippen LogP) is 4.23. The molecule has 17 heavy (non-hydrogen) atoms. The van der Waals surface area contributed by atoms with Crippen molar-refractivity contribution in [1.82, 2.24) is 4.90 Å². The Kier molecular flexibility index (Phi) is 6.36. The fourth-order valence-corrected chi connectivity index (χ4v) is 3.51. The Hall–Kier alpha value is 0.310. The molecule has 1 aliphatic heterocycles. The Bertz CT molecular complexity index is 207. The lowest BCUT2D eigenvalue weighted by Crippen LogP contribution is -2.45. The van der Waals surface area contributed by atoms with Crippen LogP contribution >= 0.6 is 12.6 Å². The molecule has 0 aromatic carbocycles. The molecule has 0 bridgehead atoms. The van der Waals surface area contributed by atoms with Crippen LogP contribution in [0.1, 0.15) is 59.8 Å². The van der Waals surface area contributed by atoms with Crippen molar-refractivity contribution in [1.29, 1.82) is 0 Å². The molecule has 0 aromatic rings. The van der Waals surface area contributed by atoms with E-state index >= 15 is 0 Å². The Morgan fingerprint density at radius 1 is 1.29 bits per heavy atom. The lowest BCUT2D eigenvalue weighted by molar-refractivity contribution is 0.0911. The quantitative estimate of drug-likeness (QED) is 0.721. The normalized spacial score (nSPS) is 24.9. The average molecular weight is 257 g/mol. The lowest BCUT2D eigenvalue weighted by Gasteiger charge is -2.41. The van der Waals surface area contributed by atoms with Gasteiger partial charge in [-0.2, -0.15) is 12.6 Å². The summed E-state index contributed by atoms with van der Waals surface area (Å²) in [5.41, 5.74) is 0.385. The second-order valence-corrected chi connectivity index (χ2v) is 7.04. The second-order valence-electron chi connectivity index (χ2n) is 6.68. The van der Waals surface area contributed by atoms with Gasteiger partial charge in [-0.15, -0.1) is 0 Å². The predicted molar refractivity (Wildman–Crippen MR) is 80.9 cm³/mol. The number of rotatable bonds is 5. The Morgan fingerprint density at radius 2 is 2.00 bits per heavy atom. The Morgan fingerprint density at radius 3 is 2.53 bits per heavy atom. The summed E-state index contributed by atoms with van der Waals surface area (Å²) in [5.74, 6) is 1.72. The van der Waals surface area contributed by atoms with Crippen LogP contribution in [-0.2, 0) is 0 Å². The van der Waals surface area contributed by atoms with E-state index in [0.29, 0.717) is 11.3 Å². The number of likely N-dealkylation sites (tertiary alicyclic amines) is 1. The van der Waals surface area contributed by atoms with Crippen LogP contribution in [0.2, 0.25) is 0 Å². The van der Waals surface area contributed by atoms with E-state index in [1.54, 1.807) is 0 Å². The molecule has 1 heterocycles. The molecule has 2 unspecified atom stereocenters. The van der Waals surface area contributed by atoms with Gasteiger partial charge in [-0.3, -0.25) is 0 Å². The molecule has 0 aliphatic carbocycles. The van der Waals surface area contributed by atoms with Gasteiger partial charge in [0.15, 0.2) is 0 Å². The van der Waals surface area contributed by atoms with E-state index in [-0.39, 0.29) is 0 Å². The van der Waals surface area contributed by atoms with E-state index in [2.05, 4.69) is 45.2 Å². The highest BCUT2D eigenvalue weighted by Crippen LogP contribution is 2.30. The molecule has 0 aromatic heterocycles. The molecular formula is C15H31NS. The van der Waals surface area contributed by atoms with E-state index in [0.717, 1.165) is 11.8 Å². The zero-order valence-electron chi connectivity index (χ0n) is 12.2. The van der Waals surface area contributed by atoms with Gasteiger partial charge in [-0.1, -0.05) is 40.5 Å². The third-order valence-corrected chi connectivity index (χ3v) is 4.71. The molecule has 1 fully saturated rings. The number of hydrogen-bond acceptors (Lipinski definition) is 2. The summed E-state index contributed by atoms with van der Waals surface area (Å²) in [5, 5.41) is 0. The first-order valence-electron chi connectivity index (χ1n) is 7.34. The molecule has 1 saturated heterocycles. The van der Waals surface area contributed by atoms with Crippen molar-refractivity contribution in [2.75, 3.05) is 18.8 Å². The van der Waals surface area contributed by atoms with Crippen molar-refractivity contribution in [3.8, 4) is 0 Å². The van der Waals surface area contributed by atoms with Gasteiger partial charge in [-0.05, 0) is 42.9 Å². The third kappa shape index (κ3) is 4.82. The molecule has 0 N–H and O–H groups in total. The minimum atomic E-state index is 0.385. The molecule has 0 spiro atoms. The zero-order valence-corrected chi connectivity index (χ0v) is 13.1. The highest BCUT2D eigenvalue weighted by molar-refractivity contribution is 7.80. The molecular weight excluding hydrogens is 226 g/mol. The summed E-state index contributed by atoms with van der Waals surface area (Å²) in [7, 11) is 0. The maximum atomic E-state index is 4.56. The molecule has 1 aliphatic rings. The third-order valence-electron chi connectivity index (χ3n) is 4.27. The standard InChI is InChI=1S/C15H31NS/c1-5-8-14-9-6-7-10-16(14)11-13(12-17)15(2,3)4/h13-14,17H,5-12H2,1-4H3. The van der Waals surface area contributed by atoms with Gasteiger partial charge in [0.1, 0.15) is 0 Å². The number of piperidine rings is 1. The van der Waals surface area contributed by atoms with E-state index in [1.165, 1.54) is 45.2 Å². The second kappa shape index (κ2) is 7.04. The van der Waals surface area contributed by atoms with Crippen molar-refractivity contribution in [3.05, 3.63) is 0 Å². The number of thiol groups is 1.